The standard InChI is InChI=1S/C20H25ClN4O3/c1-14-6-4-7-16(15(14)2)23-18(26)12-25(10-11-28-3)13-19(27)24-17-8-5-9-22-20(17)21/h4-9H,10-13H2,1-3H3,(H,23,26)(H,24,27). The molecule has 1 aromatic carbocycles. The average Bonchev–Trinajstić information content (AvgIpc) is 2.65. The van der Waals surface area contributed by atoms with E-state index in [2.05, 4.69) is 15.6 Å². The van der Waals surface area contributed by atoms with Crippen molar-refractivity contribution in [1.82, 2.24) is 9.88 Å². The lowest BCUT2D eigenvalue weighted by atomic mass is 10.1. The molecule has 8 heteroatoms. The summed E-state index contributed by atoms with van der Waals surface area (Å²) in [6, 6.07) is 9.09. The van der Waals surface area contributed by atoms with Crippen molar-refractivity contribution in [2.45, 2.75) is 13.8 Å². The summed E-state index contributed by atoms with van der Waals surface area (Å²) in [5, 5.41) is 5.83. The number of anilines is 2. The van der Waals surface area contributed by atoms with Crippen LogP contribution in [-0.2, 0) is 14.3 Å². The van der Waals surface area contributed by atoms with Crippen molar-refractivity contribution in [3.63, 3.8) is 0 Å². The van der Waals surface area contributed by atoms with Crippen molar-refractivity contribution in [2.24, 2.45) is 0 Å². The largest absolute Gasteiger partial charge is 0.383 e. The molecule has 1 aromatic heterocycles. The Morgan fingerprint density at radius 1 is 1.07 bits per heavy atom. The van der Waals surface area contributed by atoms with Crippen LogP contribution >= 0.6 is 11.6 Å². The maximum Gasteiger partial charge on any atom is 0.238 e. The summed E-state index contributed by atoms with van der Waals surface area (Å²) in [7, 11) is 1.57. The molecule has 28 heavy (non-hydrogen) atoms. The molecule has 0 radical (unpaired) electrons. The van der Waals surface area contributed by atoms with Crippen LogP contribution in [0.15, 0.2) is 36.5 Å². The van der Waals surface area contributed by atoms with Crippen LogP contribution in [0.3, 0.4) is 0 Å². The number of benzene rings is 1. The lowest BCUT2D eigenvalue weighted by Gasteiger charge is -2.21. The molecule has 2 aromatic rings. The number of pyridine rings is 1. The third-order valence-electron chi connectivity index (χ3n) is 4.26. The monoisotopic (exact) mass is 404 g/mol. The van der Waals surface area contributed by atoms with Crippen molar-refractivity contribution in [1.29, 1.82) is 0 Å². The zero-order valence-electron chi connectivity index (χ0n) is 16.3. The lowest BCUT2D eigenvalue weighted by molar-refractivity contribution is -0.120. The summed E-state index contributed by atoms with van der Waals surface area (Å²) >= 11 is 5.97. The second-order valence-corrected chi connectivity index (χ2v) is 6.75. The predicted molar refractivity (Wildman–Crippen MR) is 111 cm³/mol. The van der Waals surface area contributed by atoms with Crippen molar-refractivity contribution in [3.8, 4) is 0 Å². The van der Waals surface area contributed by atoms with Crippen LogP contribution in [-0.4, -0.2) is 55.0 Å². The Labute approximate surface area is 170 Å². The Morgan fingerprint density at radius 2 is 1.71 bits per heavy atom. The summed E-state index contributed by atoms with van der Waals surface area (Å²) in [4.78, 5) is 30.5. The summed E-state index contributed by atoms with van der Waals surface area (Å²) in [5.74, 6) is -0.484. The van der Waals surface area contributed by atoms with Gasteiger partial charge in [0.15, 0.2) is 5.15 Å². The highest BCUT2D eigenvalue weighted by Gasteiger charge is 2.16. The van der Waals surface area contributed by atoms with Gasteiger partial charge < -0.3 is 15.4 Å². The van der Waals surface area contributed by atoms with Crippen LogP contribution in [0.5, 0.6) is 0 Å². The van der Waals surface area contributed by atoms with Gasteiger partial charge in [0.05, 0.1) is 25.4 Å². The third kappa shape index (κ3) is 6.60. The van der Waals surface area contributed by atoms with Crippen LogP contribution in [0.2, 0.25) is 5.15 Å². The van der Waals surface area contributed by atoms with E-state index in [4.69, 9.17) is 16.3 Å². The minimum atomic E-state index is -0.287. The van der Waals surface area contributed by atoms with Gasteiger partial charge in [0, 0.05) is 25.5 Å². The van der Waals surface area contributed by atoms with Crippen LogP contribution in [0, 0.1) is 13.8 Å². The highest BCUT2D eigenvalue weighted by molar-refractivity contribution is 6.32. The van der Waals surface area contributed by atoms with E-state index in [9.17, 15) is 9.59 Å². The number of amides is 2. The van der Waals surface area contributed by atoms with E-state index >= 15 is 0 Å². The first-order valence-corrected chi connectivity index (χ1v) is 9.26. The van der Waals surface area contributed by atoms with Crippen molar-refractivity contribution < 1.29 is 14.3 Å². The number of ether oxygens (including phenoxy) is 1. The van der Waals surface area contributed by atoms with Crippen molar-refractivity contribution in [2.75, 3.05) is 44.0 Å². The topological polar surface area (TPSA) is 83.6 Å². The van der Waals surface area contributed by atoms with E-state index in [1.165, 1.54) is 0 Å². The Kier molecular flexibility index (Phi) is 8.38. The predicted octanol–water partition coefficient (Wildman–Crippen LogP) is 2.88. The number of halogens is 1. The van der Waals surface area contributed by atoms with E-state index in [0.29, 0.717) is 18.8 Å². The van der Waals surface area contributed by atoms with Crippen LogP contribution in [0.25, 0.3) is 0 Å². The van der Waals surface area contributed by atoms with Crippen LogP contribution in [0.4, 0.5) is 11.4 Å². The molecular weight excluding hydrogens is 380 g/mol. The number of nitrogens with zero attached hydrogens (tertiary/aromatic N) is 2. The van der Waals surface area contributed by atoms with Crippen molar-refractivity contribution >= 4 is 34.8 Å². The third-order valence-corrected chi connectivity index (χ3v) is 4.56. The highest BCUT2D eigenvalue weighted by Crippen LogP contribution is 2.18. The first kappa shape index (κ1) is 21.8. The maximum atomic E-state index is 12.5. The first-order valence-electron chi connectivity index (χ1n) is 8.88. The molecule has 0 saturated carbocycles. The summed E-state index contributed by atoms with van der Waals surface area (Å²) in [6.45, 7) is 4.87. The normalized spacial score (nSPS) is 10.8. The number of aromatic nitrogens is 1. The minimum absolute atomic E-state index is 0.0226. The fourth-order valence-electron chi connectivity index (χ4n) is 2.59. The van der Waals surface area contributed by atoms with E-state index in [1.807, 2.05) is 32.0 Å². The Balaban J connectivity index is 1.98. The number of hydrogen-bond donors (Lipinski definition) is 2. The molecule has 0 aliphatic rings. The van der Waals surface area contributed by atoms with Gasteiger partial charge in [-0.15, -0.1) is 0 Å². The van der Waals surface area contributed by atoms with Crippen LogP contribution < -0.4 is 10.6 Å². The summed E-state index contributed by atoms with van der Waals surface area (Å²) < 4.78 is 5.09. The molecular formula is C20H25ClN4O3. The number of hydrogen-bond acceptors (Lipinski definition) is 5. The molecule has 0 unspecified atom stereocenters. The second kappa shape index (κ2) is 10.8. The van der Waals surface area contributed by atoms with Gasteiger partial charge in [-0.25, -0.2) is 4.98 Å². The van der Waals surface area contributed by atoms with E-state index in [-0.39, 0.29) is 30.1 Å². The molecule has 0 atom stereocenters. The fraction of sp³-hybridized carbons (Fsp3) is 0.350. The van der Waals surface area contributed by atoms with Gasteiger partial charge in [-0.1, -0.05) is 23.7 Å². The lowest BCUT2D eigenvalue weighted by Crippen LogP contribution is -2.40. The molecule has 7 nitrogen and oxygen atoms in total. The average molecular weight is 405 g/mol. The van der Waals surface area contributed by atoms with E-state index in [0.717, 1.165) is 16.8 Å². The molecule has 0 bridgehead atoms. The Hall–Kier alpha value is -2.48. The van der Waals surface area contributed by atoms with Gasteiger partial charge in [-0.3, -0.25) is 14.5 Å². The van der Waals surface area contributed by atoms with E-state index in [1.54, 1.807) is 30.3 Å². The quantitative estimate of drug-likeness (QED) is 0.628. The molecule has 2 amide bonds. The molecule has 0 spiro atoms. The Morgan fingerprint density at radius 3 is 2.36 bits per heavy atom. The maximum absolute atomic E-state index is 12.5. The smallest absolute Gasteiger partial charge is 0.238 e. The van der Waals surface area contributed by atoms with E-state index < -0.39 is 0 Å². The molecule has 0 aliphatic carbocycles. The van der Waals surface area contributed by atoms with Gasteiger partial charge in [-0.05, 0) is 43.2 Å². The summed E-state index contributed by atoms with van der Waals surface area (Å²) in [5.41, 5.74) is 3.31. The number of methoxy groups -OCH3 is 1. The number of aryl methyl sites for hydroxylation is 1. The van der Waals surface area contributed by atoms with Gasteiger partial charge in [0.25, 0.3) is 0 Å². The molecule has 0 saturated heterocycles. The zero-order valence-corrected chi connectivity index (χ0v) is 17.0. The SMILES string of the molecule is COCCN(CC(=O)Nc1cccnc1Cl)CC(=O)Nc1cccc(C)c1C. The number of carbonyl (C=O) groups excluding carboxylic acids is 2. The van der Waals surface area contributed by atoms with Gasteiger partial charge in [0.1, 0.15) is 0 Å². The number of rotatable bonds is 9. The highest BCUT2D eigenvalue weighted by atomic mass is 35.5. The Bertz CT molecular complexity index is 829. The zero-order chi connectivity index (χ0) is 20.5. The minimum Gasteiger partial charge on any atom is -0.383 e. The van der Waals surface area contributed by atoms with Crippen LogP contribution in [0.1, 0.15) is 11.1 Å². The molecule has 0 fully saturated rings. The molecule has 2 rings (SSSR count). The molecule has 2 N–H and O–H groups in total. The summed E-state index contributed by atoms with van der Waals surface area (Å²) in [6.07, 6.45) is 1.54. The number of nitrogens with one attached hydrogen (secondary N) is 2. The van der Waals surface area contributed by atoms with Gasteiger partial charge >= 0.3 is 0 Å². The molecule has 1 heterocycles. The van der Waals surface area contributed by atoms with Gasteiger partial charge in [-0.2, -0.15) is 0 Å². The van der Waals surface area contributed by atoms with Gasteiger partial charge in [0.2, 0.25) is 11.8 Å². The fourth-order valence-corrected chi connectivity index (χ4v) is 2.75. The molecule has 150 valence electrons. The first-order chi connectivity index (χ1) is 13.4. The molecule has 0 aliphatic heterocycles. The number of carbonyl (C=O) groups is 2. The van der Waals surface area contributed by atoms with Crippen molar-refractivity contribution in [3.05, 3.63) is 52.8 Å². The second-order valence-electron chi connectivity index (χ2n) is 6.39.